The third-order valence-corrected chi connectivity index (χ3v) is 4.86. The summed E-state index contributed by atoms with van der Waals surface area (Å²) in [5.74, 6) is 0.698. The minimum atomic E-state index is -0.696. The lowest BCUT2D eigenvalue weighted by molar-refractivity contribution is -0.157. The Kier molecular flexibility index (Phi) is 3.08. The van der Waals surface area contributed by atoms with Gasteiger partial charge < -0.3 is 10.2 Å². The summed E-state index contributed by atoms with van der Waals surface area (Å²) in [5, 5.41) is 2.96. The highest BCUT2D eigenvalue weighted by molar-refractivity contribution is 6.25. The van der Waals surface area contributed by atoms with Gasteiger partial charge in [0, 0.05) is 12.1 Å². The van der Waals surface area contributed by atoms with E-state index < -0.39 is 5.54 Å². The van der Waals surface area contributed by atoms with Crippen LogP contribution >= 0.6 is 11.6 Å². The van der Waals surface area contributed by atoms with Crippen LogP contribution in [0, 0.1) is 11.8 Å². The van der Waals surface area contributed by atoms with Gasteiger partial charge in [0.25, 0.3) is 0 Å². The van der Waals surface area contributed by atoms with Gasteiger partial charge in [-0.2, -0.15) is 0 Å². The maximum atomic E-state index is 12.6. The van der Waals surface area contributed by atoms with Gasteiger partial charge in [0.15, 0.2) is 0 Å². The molecule has 0 spiro atoms. The molecule has 0 bridgehead atoms. The number of rotatable bonds is 4. The zero-order valence-electron chi connectivity index (χ0n) is 11.1. The monoisotopic (exact) mass is 282 g/mol. The summed E-state index contributed by atoms with van der Waals surface area (Å²) in [6.07, 6.45) is 5.85. The van der Waals surface area contributed by atoms with Crippen LogP contribution < -0.4 is 5.32 Å². The molecule has 0 radical (unpaired) electrons. The number of piperazine rings is 1. The third kappa shape index (κ3) is 2.06. The van der Waals surface area contributed by atoms with Gasteiger partial charge in [0.05, 0.1) is 0 Å². The van der Waals surface area contributed by atoms with E-state index in [4.69, 9.17) is 11.6 Å². The SMILES string of the molecule is CC1(C2CC2)C(=O)NC(C2CC2)C(=O)N1C/C=C/Cl. The van der Waals surface area contributed by atoms with Gasteiger partial charge in [-0.05, 0) is 44.4 Å². The molecule has 3 aliphatic rings. The molecule has 4 nitrogen and oxygen atoms in total. The summed E-state index contributed by atoms with van der Waals surface area (Å²) in [7, 11) is 0. The summed E-state index contributed by atoms with van der Waals surface area (Å²) in [5.41, 5.74) is 0.720. The first kappa shape index (κ1) is 13.0. The topological polar surface area (TPSA) is 49.4 Å². The molecule has 3 rings (SSSR count). The van der Waals surface area contributed by atoms with E-state index in [0.29, 0.717) is 18.4 Å². The van der Waals surface area contributed by atoms with E-state index in [-0.39, 0.29) is 17.9 Å². The van der Waals surface area contributed by atoms with E-state index in [1.807, 2.05) is 6.92 Å². The highest BCUT2D eigenvalue weighted by Crippen LogP contribution is 2.46. The van der Waals surface area contributed by atoms with Gasteiger partial charge in [-0.15, -0.1) is 0 Å². The first-order chi connectivity index (χ1) is 9.09. The predicted molar refractivity (Wildman–Crippen MR) is 72.5 cm³/mol. The van der Waals surface area contributed by atoms with Gasteiger partial charge in [-0.1, -0.05) is 17.7 Å². The molecule has 1 N–H and O–H groups in total. The van der Waals surface area contributed by atoms with Gasteiger partial charge in [-0.3, -0.25) is 9.59 Å². The molecule has 0 aromatic carbocycles. The Balaban J connectivity index is 1.89. The zero-order chi connectivity index (χ0) is 13.6. The van der Waals surface area contributed by atoms with Gasteiger partial charge >= 0.3 is 0 Å². The Morgan fingerprint density at radius 2 is 2.05 bits per heavy atom. The Bertz CT molecular complexity index is 443. The van der Waals surface area contributed by atoms with Crippen molar-refractivity contribution in [2.75, 3.05) is 6.54 Å². The predicted octanol–water partition coefficient (Wildman–Crippen LogP) is 1.64. The van der Waals surface area contributed by atoms with E-state index in [0.717, 1.165) is 25.7 Å². The van der Waals surface area contributed by atoms with Crippen molar-refractivity contribution in [1.29, 1.82) is 0 Å². The first-order valence-corrected chi connectivity index (χ1v) is 7.40. The minimum absolute atomic E-state index is 0.00877. The second-order valence-electron chi connectivity index (χ2n) is 6.02. The maximum Gasteiger partial charge on any atom is 0.246 e. The van der Waals surface area contributed by atoms with Crippen molar-refractivity contribution < 1.29 is 9.59 Å². The number of halogens is 1. The van der Waals surface area contributed by atoms with E-state index >= 15 is 0 Å². The lowest BCUT2D eigenvalue weighted by atomic mass is 9.87. The average Bonchev–Trinajstić information content (AvgIpc) is 3.26. The molecule has 3 fully saturated rings. The number of carbonyl (C=O) groups excluding carboxylic acids is 2. The zero-order valence-corrected chi connectivity index (χ0v) is 11.8. The molecular weight excluding hydrogens is 264 g/mol. The number of hydrogen-bond acceptors (Lipinski definition) is 2. The van der Waals surface area contributed by atoms with Gasteiger partial charge in [-0.25, -0.2) is 0 Å². The molecule has 104 valence electrons. The maximum absolute atomic E-state index is 12.6. The summed E-state index contributed by atoms with van der Waals surface area (Å²) < 4.78 is 0. The van der Waals surface area contributed by atoms with Gasteiger partial charge in [0.1, 0.15) is 11.6 Å². The molecule has 2 aliphatic carbocycles. The Hall–Kier alpha value is -1.03. The van der Waals surface area contributed by atoms with Crippen LogP contribution in [0.25, 0.3) is 0 Å². The highest BCUT2D eigenvalue weighted by Gasteiger charge is 2.58. The first-order valence-electron chi connectivity index (χ1n) is 6.96. The summed E-state index contributed by atoms with van der Waals surface area (Å²) in [6, 6.07) is -0.317. The average molecular weight is 283 g/mol. The van der Waals surface area contributed by atoms with Crippen molar-refractivity contribution in [2.24, 2.45) is 11.8 Å². The van der Waals surface area contributed by atoms with Crippen molar-refractivity contribution >= 4 is 23.4 Å². The Labute approximate surface area is 118 Å². The quantitative estimate of drug-likeness (QED) is 0.852. The minimum Gasteiger partial charge on any atom is -0.342 e. The Morgan fingerprint density at radius 3 is 2.58 bits per heavy atom. The standard InChI is InChI=1S/C14H19ClN2O2/c1-14(10-5-6-10)13(19)16-11(9-3-4-9)12(18)17(14)8-2-7-15/h2,7,9-11H,3-6,8H2,1H3,(H,16,19)/b7-2+. The lowest BCUT2D eigenvalue weighted by Crippen LogP contribution is -2.70. The Morgan fingerprint density at radius 1 is 1.37 bits per heavy atom. The molecular formula is C14H19ClN2O2. The normalized spacial score (nSPS) is 35.9. The fourth-order valence-corrected chi connectivity index (χ4v) is 3.17. The van der Waals surface area contributed by atoms with Crippen molar-refractivity contribution in [3.8, 4) is 0 Å². The largest absolute Gasteiger partial charge is 0.342 e. The van der Waals surface area contributed by atoms with E-state index in [1.165, 1.54) is 5.54 Å². The van der Waals surface area contributed by atoms with Crippen molar-refractivity contribution in [3.63, 3.8) is 0 Å². The van der Waals surface area contributed by atoms with Crippen LogP contribution in [0.15, 0.2) is 11.6 Å². The molecule has 5 heteroatoms. The van der Waals surface area contributed by atoms with Crippen LogP contribution in [0.3, 0.4) is 0 Å². The molecule has 1 saturated heterocycles. The molecule has 1 heterocycles. The number of nitrogens with zero attached hydrogens (tertiary/aromatic N) is 1. The number of nitrogens with one attached hydrogen (secondary N) is 1. The number of hydrogen-bond donors (Lipinski definition) is 1. The lowest BCUT2D eigenvalue weighted by Gasteiger charge is -2.46. The van der Waals surface area contributed by atoms with Crippen LogP contribution in [0.4, 0.5) is 0 Å². The van der Waals surface area contributed by atoms with Crippen LogP contribution in [0.5, 0.6) is 0 Å². The van der Waals surface area contributed by atoms with Crippen LogP contribution in [0.1, 0.15) is 32.6 Å². The fraction of sp³-hybridized carbons (Fsp3) is 0.714. The van der Waals surface area contributed by atoms with Gasteiger partial charge in [0.2, 0.25) is 11.8 Å². The molecule has 2 amide bonds. The van der Waals surface area contributed by atoms with Crippen molar-refractivity contribution in [3.05, 3.63) is 11.6 Å². The smallest absolute Gasteiger partial charge is 0.246 e. The molecule has 0 aromatic heterocycles. The van der Waals surface area contributed by atoms with E-state index in [9.17, 15) is 9.59 Å². The van der Waals surface area contributed by atoms with Crippen LogP contribution in [-0.2, 0) is 9.59 Å². The highest BCUT2D eigenvalue weighted by atomic mass is 35.5. The third-order valence-electron chi connectivity index (χ3n) is 4.68. The molecule has 2 atom stereocenters. The van der Waals surface area contributed by atoms with Crippen molar-refractivity contribution in [2.45, 2.75) is 44.2 Å². The number of carbonyl (C=O) groups is 2. The van der Waals surface area contributed by atoms with E-state index in [1.54, 1.807) is 11.0 Å². The second kappa shape index (κ2) is 4.51. The molecule has 19 heavy (non-hydrogen) atoms. The fourth-order valence-electron chi connectivity index (χ4n) is 3.09. The van der Waals surface area contributed by atoms with Crippen LogP contribution in [-0.4, -0.2) is 34.8 Å². The molecule has 2 saturated carbocycles. The molecule has 2 unspecified atom stereocenters. The summed E-state index contributed by atoms with van der Waals surface area (Å²) in [6.45, 7) is 2.31. The molecule has 1 aliphatic heterocycles. The summed E-state index contributed by atoms with van der Waals surface area (Å²) >= 11 is 5.59. The van der Waals surface area contributed by atoms with Crippen LogP contribution in [0.2, 0.25) is 0 Å². The van der Waals surface area contributed by atoms with Crippen molar-refractivity contribution in [1.82, 2.24) is 10.2 Å². The van der Waals surface area contributed by atoms with E-state index in [2.05, 4.69) is 5.32 Å². The second-order valence-corrected chi connectivity index (χ2v) is 6.27. The summed E-state index contributed by atoms with van der Waals surface area (Å²) in [4.78, 5) is 26.9. The number of amides is 2. The molecule has 0 aromatic rings.